The molecule has 4 nitrogen and oxygen atoms in total. The molecule has 1 amide bonds. The molecule has 0 aliphatic carbocycles. The van der Waals surface area contributed by atoms with Crippen LogP contribution in [0.1, 0.15) is 15.9 Å². The average molecular weight is 255 g/mol. The van der Waals surface area contributed by atoms with Gasteiger partial charge in [0.2, 0.25) is 0 Å². The summed E-state index contributed by atoms with van der Waals surface area (Å²) in [6.45, 7) is 0.208. The van der Waals surface area contributed by atoms with Gasteiger partial charge in [-0.15, -0.1) is 0 Å². The van der Waals surface area contributed by atoms with Crippen molar-refractivity contribution in [1.29, 1.82) is 0 Å². The van der Waals surface area contributed by atoms with E-state index in [9.17, 15) is 9.59 Å². The van der Waals surface area contributed by atoms with Crippen molar-refractivity contribution in [3.63, 3.8) is 0 Å². The fraction of sp³-hybridized carbons (Fsp3) is 0.0667. The van der Waals surface area contributed by atoms with Crippen LogP contribution in [-0.2, 0) is 11.3 Å². The molecule has 1 N–H and O–H groups in total. The zero-order valence-corrected chi connectivity index (χ0v) is 10.2. The van der Waals surface area contributed by atoms with Crippen LogP contribution in [0, 0.1) is 0 Å². The molecule has 0 atom stereocenters. The highest BCUT2D eigenvalue weighted by molar-refractivity contribution is 5.86. The third-order valence-corrected chi connectivity index (χ3v) is 2.48. The first-order valence-electron chi connectivity index (χ1n) is 5.81. The second-order valence-electron chi connectivity index (χ2n) is 3.93. The van der Waals surface area contributed by atoms with E-state index in [0.717, 1.165) is 11.8 Å². The van der Waals surface area contributed by atoms with Gasteiger partial charge in [-0.3, -0.25) is 10.1 Å². The summed E-state index contributed by atoms with van der Waals surface area (Å²) >= 11 is 0. The SMILES string of the molecule is O=Cc1cccc(NC(=O)OCc2ccccc2)c1. The summed E-state index contributed by atoms with van der Waals surface area (Å²) in [5.41, 5.74) is 1.95. The van der Waals surface area contributed by atoms with E-state index in [1.807, 2.05) is 30.3 Å². The number of amides is 1. The molecule has 0 saturated carbocycles. The monoisotopic (exact) mass is 255 g/mol. The number of aldehydes is 1. The van der Waals surface area contributed by atoms with Gasteiger partial charge >= 0.3 is 6.09 Å². The quantitative estimate of drug-likeness (QED) is 0.853. The minimum absolute atomic E-state index is 0.208. The number of ether oxygens (including phenoxy) is 1. The lowest BCUT2D eigenvalue weighted by Gasteiger charge is -2.07. The molecule has 0 unspecified atom stereocenters. The van der Waals surface area contributed by atoms with Gasteiger partial charge in [-0.2, -0.15) is 0 Å². The summed E-state index contributed by atoms with van der Waals surface area (Å²) in [6, 6.07) is 16.0. The molecule has 2 aromatic rings. The molecule has 0 aliphatic heterocycles. The molecule has 0 radical (unpaired) electrons. The van der Waals surface area contributed by atoms with E-state index in [1.165, 1.54) is 0 Å². The Morgan fingerprint density at radius 1 is 1.11 bits per heavy atom. The molecule has 0 aromatic heterocycles. The van der Waals surface area contributed by atoms with Crippen LogP contribution >= 0.6 is 0 Å². The van der Waals surface area contributed by atoms with E-state index in [-0.39, 0.29) is 6.61 Å². The van der Waals surface area contributed by atoms with Gasteiger partial charge in [0.25, 0.3) is 0 Å². The minimum atomic E-state index is -0.549. The Bertz CT molecular complexity index is 567. The number of benzene rings is 2. The minimum Gasteiger partial charge on any atom is -0.444 e. The Kier molecular flexibility index (Phi) is 4.29. The van der Waals surface area contributed by atoms with Crippen molar-refractivity contribution in [1.82, 2.24) is 0 Å². The second-order valence-corrected chi connectivity index (χ2v) is 3.93. The number of nitrogens with one attached hydrogen (secondary N) is 1. The van der Waals surface area contributed by atoms with E-state index in [4.69, 9.17) is 4.74 Å². The predicted molar refractivity (Wildman–Crippen MR) is 72.1 cm³/mol. The van der Waals surface area contributed by atoms with Gasteiger partial charge in [0.05, 0.1) is 0 Å². The average Bonchev–Trinajstić information content (AvgIpc) is 2.46. The smallest absolute Gasteiger partial charge is 0.411 e. The molecular weight excluding hydrogens is 242 g/mol. The normalized spacial score (nSPS) is 9.68. The van der Waals surface area contributed by atoms with Gasteiger partial charge in [-0.05, 0) is 17.7 Å². The van der Waals surface area contributed by atoms with Crippen LogP contribution in [0.2, 0.25) is 0 Å². The fourth-order valence-electron chi connectivity index (χ4n) is 1.57. The Hall–Kier alpha value is -2.62. The maximum atomic E-state index is 11.6. The van der Waals surface area contributed by atoms with Crippen LogP contribution in [-0.4, -0.2) is 12.4 Å². The molecule has 0 spiro atoms. The van der Waals surface area contributed by atoms with Gasteiger partial charge in [0.1, 0.15) is 12.9 Å². The topological polar surface area (TPSA) is 55.4 Å². The van der Waals surface area contributed by atoms with E-state index in [2.05, 4.69) is 5.32 Å². The molecule has 0 heterocycles. The first-order valence-corrected chi connectivity index (χ1v) is 5.81. The molecule has 0 aliphatic rings. The van der Waals surface area contributed by atoms with Gasteiger partial charge < -0.3 is 4.74 Å². The maximum absolute atomic E-state index is 11.6. The van der Waals surface area contributed by atoms with Gasteiger partial charge in [-0.1, -0.05) is 42.5 Å². The largest absolute Gasteiger partial charge is 0.444 e. The predicted octanol–water partition coefficient (Wildman–Crippen LogP) is 3.25. The fourth-order valence-corrected chi connectivity index (χ4v) is 1.57. The number of anilines is 1. The summed E-state index contributed by atoms with van der Waals surface area (Å²) in [6.07, 6.45) is 0.174. The highest BCUT2D eigenvalue weighted by atomic mass is 16.5. The summed E-state index contributed by atoms with van der Waals surface area (Å²) in [7, 11) is 0. The zero-order valence-electron chi connectivity index (χ0n) is 10.2. The van der Waals surface area contributed by atoms with Gasteiger partial charge in [-0.25, -0.2) is 4.79 Å². The molecule has 0 bridgehead atoms. The van der Waals surface area contributed by atoms with E-state index >= 15 is 0 Å². The highest BCUT2D eigenvalue weighted by Gasteiger charge is 2.04. The molecule has 4 heteroatoms. The molecule has 0 saturated heterocycles. The van der Waals surface area contributed by atoms with E-state index in [1.54, 1.807) is 24.3 Å². The Balaban J connectivity index is 1.89. The first-order chi connectivity index (χ1) is 9.28. The van der Waals surface area contributed by atoms with Crippen LogP contribution in [0.4, 0.5) is 10.5 Å². The lowest BCUT2D eigenvalue weighted by atomic mass is 10.2. The molecule has 2 rings (SSSR count). The van der Waals surface area contributed by atoms with E-state index in [0.29, 0.717) is 11.3 Å². The molecule has 96 valence electrons. The van der Waals surface area contributed by atoms with Gasteiger partial charge in [0, 0.05) is 11.3 Å². The molecule has 19 heavy (non-hydrogen) atoms. The van der Waals surface area contributed by atoms with Crippen LogP contribution in [0.5, 0.6) is 0 Å². The lowest BCUT2D eigenvalue weighted by molar-refractivity contribution is 0.112. The van der Waals surface area contributed by atoms with E-state index < -0.39 is 6.09 Å². The lowest BCUT2D eigenvalue weighted by Crippen LogP contribution is -2.13. The van der Waals surface area contributed by atoms with Crippen LogP contribution < -0.4 is 5.32 Å². The molecule has 0 fully saturated rings. The van der Waals surface area contributed by atoms with Crippen molar-refractivity contribution in [2.75, 3.05) is 5.32 Å². The Morgan fingerprint density at radius 2 is 1.89 bits per heavy atom. The second kappa shape index (κ2) is 6.35. The number of hydrogen-bond donors (Lipinski definition) is 1. The maximum Gasteiger partial charge on any atom is 0.411 e. The van der Waals surface area contributed by atoms with Crippen LogP contribution in [0.15, 0.2) is 54.6 Å². The van der Waals surface area contributed by atoms with Crippen LogP contribution in [0.3, 0.4) is 0 Å². The summed E-state index contributed by atoms with van der Waals surface area (Å²) < 4.78 is 5.07. The molecule has 2 aromatic carbocycles. The Morgan fingerprint density at radius 3 is 2.63 bits per heavy atom. The third-order valence-electron chi connectivity index (χ3n) is 2.48. The van der Waals surface area contributed by atoms with Crippen molar-refractivity contribution in [3.05, 3.63) is 65.7 Å². The number of rotatable bonds is 4. The van der Waals surface area contributed by atoms with Crippen molar-refractivity contribution in [2.45, 2.75) is 6.61 Å². The summed E-state index contributed by atoms with van der Waals surface area (Å²) in [5.74, 6) is 0. The summed E-state index contributed by atoms with van der Waals surface area (Å²) in [5, 5.41) is 2.57. The number of hydrogen-bond acceptors (Lipinski definition) is 3. The standard InChI is InChI=1S/C15H13NO3/c17-10-13-7-4-8-14(9-13)16-15(18)19-11-12-5-2-1-3-6-12/h1-10H,11H2,(H,16,18). The van der Waals surface area contributed by atoms with Gasteiger partial charge in [0.15, 0.2) is 0 Å². The van der Waals surface area contributed by atoms with Crippen molar-refractivity contribution in [3.8, 4) is 0 Å². The van der Waals surface area contributed by atoms with Crippen molar-refractivity contribution in [2.24, 2.45) is 0 Å². The number of carbonyl (C=O) groups excluding carboxylic acids is 2. The Labute approximate surface area is 111 Å². The highest BCUT2D eigenvalue weighted by Crippen LogP contribution is 2.10. The summed E-state index contributed by atoms with van der Waals surface area (Å²) in [4.78, 5) is 22.2. The first kappa shape index (κ1) is 12.8. The zero-order chi connectivity index (χ0) is 13.5. The number of carbonyl (C=O) groups is 2. The third kappa shape index (κ3) is 3.96. The molecular formula is C15H13NO3. The van der Waals surface area contributed by atoms with Crippen LogP contribution in [0.25, 0.3) is 0 Å². The van der Waals surface area contributed by atoms with Crippen molar-refractivity contribution < 1.29 is 14.3 Å². The van der Waals surface area contributed by atoms with Crippen molar-refractivity contribution >= 4 is 18.1 Å².